The van der Waals surface area contributed by atoms with Gasteiger partial charge in [-0.15, -0.1) is 10.2 Å². The van der Waals surface area contributed by atoms with E-state index in [0.717, 1.165) is 41.5 Å². The fourth-order valence-electron chi connectivity index (χ4n) is 2.91. The normalized spacial score (nSPS) is 17.7. The fraction of sp³-hybridized carbons (Fsp3) is 0.438. The van der Waals surface area contributed by atoms with Crippen molar-refractivity contribution in [3.8, 4) is 5.75 Å². The Morgan fingerprint density at radius 3 is 3.08 bits per heavy atom. The maximum atomic E-state index is 12.7. The topological polar surface area (TPSA) is 81.3 Å². The van der Waals surface area contributed by atoms with Gasteiger partial charge in [-0.05, 0) is 37.0 Å². The number of carbonyl (C=O) groups excluding carboxylic acids is 1. The molecule has 2 heterocycles. The van der Waals surface area contributed by atoms with E-state index < -0.39 is 0 Å². The summed E-state index contributed by atoms with van der Waals surface area (Å²) in [6.45, 7) is 0.791. The van der Waals surface area contributed by atoms with Gasteiger partial charge in [-0.25, -0.2) is 0 Å². The summed E-state index contributed by atoms with van der Waals surface area (Å²) in [6.07, 6.45) is 3.16. The molecule has 1 aliphatic heterocycles. The van der Waals surface area contributed by atoms with Crippen LogP contribution in [-0.2, 0) is 4.79 Å². The zero-order valence-electron chi connectivity index (χ0n) is 13.5. The molecule has 0 saturated carbocycles. The third-order valence-electron chi connectivity index (χ3n) is 4.04. The smallest absolute Gasteiger partial charge is 0.233 e. The van der Waals surface area contributed by atoms with Gasteiger partial charge >= 0.3 is 0 Å². The van der Waals surface area contributed by atoms with E-state index in [-0.39, 0.29) is 11.9 Å². The Kier molecular flexibility index (Phi) is 5.57. The Bertz CT molecular complexity index is 707. The number of rotatable bonds is 5. The number of likely N-dealkylation sites (tertiary alicyclic amines) is 1. The van der Waals surface area contributed by atoms with Crippen LogP contribution in [0.15, 0.2) is 28.6 Å². The first-order chi connectivity index (χ1) is 11.7. The SMILES string of the molecule is COc1cccc([C@H]2CCCCN2C(=O)CSc2nnc(N)s2)c1. The number of nitrogens with zero attached hydrogens (tertiary/aromatic N) is 3. The van der Waals surface area contributed by atoms with Crippen molar-refractivity contribution in [1.29, 1.82) is 0 Å². The van der Waals surface area contributed by atoms with Crippen LogP contribution in [0.4, 0.5) is 5.13 Å². The number of nitrogens with two attached hydrogens (primary N) is 1. The number of methoxy groups -OCH3 is 1. The Hall–Kier alpha value is -1.80. The van der Waals surface area contributed by atoms with Crippen LogP contribution in [-0.4, -0.2) is 40.4 Å². The van der Waals surface area contributed by atoms with Gasteiger partial charge in [0, 0.05) is 6.54 Å². The van der Waals surface area contributed by atoms with E-state index in [2.05, 4.69) is 16.3 Å². The molecule has 6 nitrogen and oxygen atoms in total. The molecule has 2 N–H and O–H groups in total. The molecule has 1 aromatic heterocycles. The number of thioether (sulfide) groups is 1. The van der Waals surface area contributed by atoms with E-state index >= 15 is 0 Å². The average molecular weight is 364 g/mol. The zero-order chi connectivity index (χ0) is 16.9. The summed E-state index contributed by atoms with van der Waals surface area (Å²) >= 11 is 2.71. The van der Waals surface area contributed by atoms with Crippen LogP contribution in [0, 0.1) is 0 Å². The van der Waals surface area contributed by atoms with E-state index in [9.17, 15) is 4.79 Å². The highest BCUT2D eigenvalue weighted by atomic mass is 32.2. The third-order valence-corrected chi connectivity index (χ3v) is 5.91. The molecule has 0 unspecified atom stereocenters. The molecule has 1 aliphatic rings. The second-order valence-corrected chi connectivity index (χ2v) is 7.80. The van der Waals surface area contributed by atoms with Crippen LogP contribution in [0.5, 0.6) is 5.75 Å². The lowest BCUT2D eigenvalue weighted by Crippen LogP contribution is -2.39. The minimum absolute atomic E-state index is 0.112. The van der Waals surface area contributed by atoms with Gasteiger partial charge < -0.3 is 15.4 Å². The zero-order valence-corrected chi connectivity index (χ0v) is 15.1. The average Bonchev–Trinajstić information content (AvgIpc) is 3.05. The second kappa shape index (κ2) is 7.85. The molecule has 0 radical (unpaired) electrons. The second-order valence-electron chi connectivity index (χ2n) is 5.57. The molecular weight excluding hydrogens is 344 g/mol. The maximum absolute atomic E-state index is 12.7. The first-order valence-electron chi connectivity index (χ1n) is 7.82. The van der Waals surface area contributed by atoms with Crippen molar-refractivity contribution >= 4 is 34.1 Å². The molecule has 3 rings (SSSR count). The monoisotopic (exact) mass is 364 g/mol. The Labute approximate surface area is 149 Å². The van der Waals surface area contributed by atoms with Crippen molar-refractivity contribution in [2.45, 2.75) is 29.6 Å². The predicted octanol–water partition coefficient (Wildman–Crippen LogP) is 2.97. The number of aromatic nitrogens is 2. The van der Waals surface area contributed by atoms with E-state index in [1.165, 1.54) is 23.1 Å². The molecular formula is C16H20N4O2S2. The van der Waals surface area contributed by atoms with Gasteiger partial charge in [-0.1, -0.05) is 35.2 Å². The lowest BCUT2D eigenvalue weighted by atomic mass is 9.95. The van der Waals surface area contributed by atoms with Gasteiger partial charge in [0.15, 0.2) is 4.34 Å². The Balaban J connectivity index is 1.70. The number of benzene rings is 1. The maximum Gasteiger partial charge on any atom is 0.233 e. The van der Waals surface area contributed by atoms with E-state index in [0.29, 0.717) is 10.9 Å². The first kappa shape index (κ1) is 17.0. The lowest BCUT2D eigenvalue weighted by Gasteiger charge is -2.36. The van der Waals surface area contributed by atoms with Crippen LogP contribution in [0.25, 0.3) is 0 Å². The number of carbonyl (C=O) groups is 1. The third kappa shape index (κ3) is 3.99. The minimum Gasteiger partial charge on any atom is -0.497 e. The molecule has 1 saturated heterocycles. The van der Waals surface area contributed by atoms with Gasteiger partial charge in [0.2, 0.25) is 11.0 Å². The summed E-state index contributed by atoms with van der Waals surface area (Å²) in [4.78, 5) is 14.7. The van der Waals surface area contributed by atoms with E-state index in [4.69, 9.17) is 10.5 Å². The number of hydrogen-bond acceptors (Lipinski definition) is 7. The molecule has 24 heavy (non-hydrogen) atoms. The van der Waals surface area contributed by atoms with Gasteiger partial charge in [0.05, 0.1) is 18.9 Å². The quantitative estimate of drug-likeness (QED) is 0.822. The van der Waals surface area contributed by atoms with Crippen molar-refractivity contribution in [2.75, 3.05) is 25.1 Å². The summed E-state index contributed by atoms with van der Waals surface area (Å²) in [6, 6.07) is 8.10. The number of nitrogen functional groups attached to an aromatic ring is 1. The molecule has 1 amide bonds. The molecule has 0 aliphatic carbocycles. The Morgan fingerprint density at radius 1 is 1.46 bits per heavy atom. The molecule has 8 heteroatoms. The van der Waals surface area contributed by atoms with Crippen LogP contribution in [0.3, 0.4) is 0 Å². The molecule has 128 valence electrons. The van der Waals surface area contributed by atoms with Crippen molar-refractivity contribution in [3.63, 3.8) is 0 Å². The number of ether oxygens (including phenoxy) is 1. The van der Waals surface area contributed by atoms with E-state index in [1.54, 1.807) is 7.11 Å². The summed E-state index contributed by atoms with van der Waals surface area (Å²) in [5.41, 5.74) is 6.71. The van der Waals surface area contributed by atoms with Crippen LogP contribution < -0.4 is 10.5 Å². The molecule has 0 bridgehead atoms. The summed E-state index contributed by atoms with van der Waals surface area (Å²) in [7, 11) is 1.66. The first-order valence-corrected chi connectivity index (χ1v) is 9.63. The Morgan fingerprint density at radius 2 is 2.33 bits per heavy atom. The predicted molar refractivity (Wildman–Crippen MR) is 96.3 cm³/mol. The summed E-state index contributed by atoms with van der Waals surface area (Å²) in [5.74, 6) is 1.31. The van der Waals surface area contributed by atoms with Crippen LogP contribution in [0.1, 0.15) is 30.9 Å². The highest BCUT2D eigenvalue weighted by Crippen LogP contribution is 2.33. The largest absolute Gasteiger partial charge is 0.497 e. The summed E-state index contributed by atoms with van der Waals surface area (Å²) < 4.78 is 6.05. The highest BCUT2D eigenvalue weighted by Gasteiger charge is 2.28. The molecule has 1 atom stereocenters. The van der Waals surface area contributed by atoms with Crippen molar-refractivity contribution in [1.82, 2.24) is 15.1 Å². The lowest BCUT2D eigenvalue weighted by molar-refractivity contribution is -0.132. The van der Waals surface area contributed by atoms with Crippen LogP contribution >= 0.6 is 23.1 Å². The summed E-state index contributed by atoms with van der Waals surface area (Å²) in [5, 5.41) is 8.16. The van der Waals surface area contributed by atoms with Gasteiger partial charge in [0.1, 0.15) is 5.75 Å². The van der Waals surface area contributed by atoms with Crippen molar-refractivity contribution in [2.24, 2.45) is 0 Å². The van der Waals surface area contributed by atoms with Gasteiger partial charge in [0.25, 0.3) is 0 Å². The van der Waals surface area contributed by atoms with Gasteiger partial charge in [-0.3, -0.25) is 4.79 Å². The molecule has 0 spiro atoms. The van der Waals surface area contributed by atoms with E-state index in [1.807, 2.05) is 23.1 Å². The molecule has 1 fully saturated rings. The van der Waals surface area contributed by atoms with Gasteiger partial charge in [-0.2, -0.15) is 0 Å². The fourth-order valence-corrected chi connectivity index (χ4v) is 4.43. The standard InChI is InChI=1S/C16H20N4O2S2/c1-22-12-6-4-5-11(9-12)13-7-2-3-8-20(13)14(21)10-23-16-19-18-15(17)24-16/h4-6,9,13H,2-3,7-8,10H2,1H3,(H2,17,18)/t13-/m1/s1. The number of piperidine rings is 1. The number of anilines is 1. The number of amides is 1. The highest BCUT2D eigenvalue weighted by molar-refractivity contribution is 8.01. The minimum atomic E-state index is 0.112. The van der Waals surface area contributed by atoms with Crippen molar-refractivity contribution in [3.05, 3.63) is 29.8 Å². The number of hydrogen-bond donors (Lipinski definition) is 1. The van der Waals surface area contributed by atoms with Crippen LogP contribution in [0.2, 0.25) is 0 Å². The van der Waals surface area contributed by atoms with Crippen molar-refractivity contribution < 1.29 is 9.53 Å². The molecule has 2 aromatic rings. The molecule has 1 aromatic carbocycles.